The lowest BCUT2D eigenvalue weighted by Crippen LogP contribution is -2.67. The lowest BCUT2D eigenvalue weighted by molar-refractivity contribution is -0.228. The predicted octanol–water partition coefficient (Wildman–Crippen LogP) is 0.821. The van der Waals surface area contributed by atoms with Crippen molar-refractivity contribution in [2.45, 2.75) is 71.4 Å². The van der Waals surface area contributed by atoms with Crippen LogP contribution in [-0.2, 0) is 38.2 Å². The Balaban J connectivity index is 1.99. The Morgan fingerprint density at radius 2 is 1.64 bits per heavy atom. The summed E-state index contributed by atoms with van der Waals surface area (Å²) < 4.78 is 16.5. The van der Waals surface area contributed by atoms with Gasteiger partial charge in [-0.1, -0.05) is 26.8 Å². The number of hydrogen-bond acceptors (Lipinski definition) is 10. The Bertz CT molecular complexity index is 1150. The molecule has 4 aliphatic rings. The second-order valence-electron chi connectivity index (χ2n) is 11.1. The molecule has 10 nitrogen and oxygen atoms in total. The summed E-state index contributed by atoms with van der Waals surface area (Å²) in [5, 5.41) is 24.2. The number of hydrogen-bond donors (Lipinski definition) is 2. The van der Waals surface area contributed by atoms with Crippen LogP contribution in [0.1, 0.15) is 48.5 Å². The minimum Gasteiger partial charge on any atom is -0.461 e. The minimum atomic E-state index is -2.30. The van der Waals surface area contributed by atoms with Gasteiger partial charge in [-0.05, 0) is 18.6 Å². The molecule has 0 saturated heterocycles. The topological polar surface area (TPSA) is 154 Å². The van der Waals surface area contributed by atoms with E-state index in [2.05, 4.69) is 0 Å². The molecule has 0 amide bonds. The van der Waals surface area contributed by atoms with E-state index in [-0.39, 0.29) is 11.1 Å². The van der Waals surface area contributed by atoms with Gasteiger partial charge in [0.1, 0.15) is 12.7 Å². The zero-order valence-corrected chi connectivity index (χ0v) is 21.4. The number of ether oxygens (including phenoxy) is 3. The summed E-state index contributed by atoms with van der Waals surface area (Å²) in [6.45, 7) is 9.57. The Hall–Kier alpha value is -2.85. The van der Waals surface area contributed by atoms with Crippen LogP contribution in [0.25, 0.3) is 0 Å². The number of carbonyl (C=O) groups excluding carboxylic acids is 5. The summed E-state index contributed by atoms with van der Waals surface area (Å²) in [4.78, 5) is 63.2. The van der Waals surface area contributed by atoms with Gasteiger partial charge in [0.15, 0.2) is 22.8 Å². The van der Waals surface area contributed by atoms with Crippen LogP contribution >= 0.6 is 0 Å². The van der Waals surface area contributed by atoms with Crippen molar-refractivity contribution >= 4 is 29.5 Å². The van der Waals surface area contributed by atoms with E-state index in [1.165, 1.54) is 26.8 Å². The van der Waals surface area contributed by atoms with Crippen LogP contribution in [0.2, 0.25) is 0 Å². The van der Waals surface area contributed by atoms with Crippen molar-refractivity contribution in [1.29, 1.82) is 0 Å². The number of aliphatic hydroxyl groups is 2. The molecule has 0 aromatic rings. The summed E-state index contributed by atoms with van der Waals surface area (Å²) >= 11 is 0. The molecule has 0 aromatic heterocycles. The molecule has 10 heteroatoms. The molecule has 36 heavy (non-hydrogen) atoms. The van der Waals surface area contributed by atoms with Crippen LogP contribution in [0, 0.1) is 29.1 Å². The molecule has 0 radical (unpaired) electrons. The zero-order chi connectivity index (χ0) is 27.2. The van der Waals surface area contributed by atoms with Crippen LogP contribution in [0.15, 0.2) is 23.3 Å². The molecule has 0 aromatic carbocycles. The van der Waals surface area contributed by atoms with E-state index in [9.17, 15) is 34.2 Å². The molecule has 2 N–H and O–H groups in total. The summed E-state index contributed by atoms with van der Waals surface area (Å²) in [5.41, 5.74) is -6.71. The van der Waals surface area contributed by atoms with E-state index < -0.39 is 88.1 Å². The highest BCUT2D eigenvalue weighted by atomic mass is 16.6. The summed E-state index contributed by atoms with van der Waals surface area (Å²) in [7, 11) is 0. The number of fused-ring (bicyclic) bond motifs is 5. The fraction of sp³-hybridized carbons (Fsp3) is 0.654. The van der Waals surface area contributed by atoms with Gasteiger partial charge in [-0.15, -0.1) is 0 Å². The molecule has 196 valence electrons. The lowest BCUT2D eigenvalue weighted by Gasteiger charge is -2.52. The van der Waals surface area contributed by atoms with Gasteiger partial charge < -0.3 is 24.4 Å². The van der Waals surface area contributed by atoms with Gasteiger partial charge >= 0.3 is 17.9 Å². The van der Waals surface area contributed by atoms with Crippen molar-refractivity contribution in [3.8, 4) is 0 Å². The number of carbonyl (C=O) groups is 5. The summed E-state index contributed by atoms with van der Waals surface area (Å²) in [6.07, 6.45) is 1.34. The Morgan fingerprint density at radius 3 is 2.17 bits per heavy atom. The third kappa shape index (κ3) is 3.13. The van der Waals surface area contributed by atoms with Crippen molar-refractivity contribution in [3.63, 3.8) is 0 Å². The SMILES string of the molecule is CC(=O)OCC1=C[C@]2(O)C(=O)C(C)=C[C@H]2[C@@]2(O)[C@H](C)[C@@H](OC(C)=O)[C@]3(OC(C)=O)[C@H]([C@@H]2C1=O)C3(C)C. The fourth-order valence-corrected chi connectivity index (χ4v) is 7.25. The number of ketones is 2. The summed E-state index contributed by atoms with van der Waals surface area (Å²) in [6, 6.07) is 0. The molecule has 0 heterocycles. The molecule has 2 saturated carbocycles. The van der Waals surface area contributed by atoms with Crippen molar-refractivity contribution in [2.75, 3.05) is 6.61 Å². The van der Waals surface area contributed by atoms with Crippen LogP contribution in [0.4, 0.5) is 0 Å². The quantitative estimate of drug-likeness (QED) is 0.415. The highest BCUT2D eigenvalue weighted by Gasteiger charge is 2.89. The first-order valence-corrected chi connectivity index (χ1v) is 11.9. The van der Waals surface area contributed by atoms with Gasteiger partial charge in [-0.3, -0.25) is 24.0 Å². The molecule has 0 spiro atoms. The first-order chi connectivity index (χ1) is 16.5. The van der Waals surface area contributed by atoms with Gasteiger partial charge in [0.25, 0.3) is 0 Å². The Kier molecular flexibility index (Phi) is 5.70. The van der Waals surface area contributed by atoms with E-state index in [4.69, 9.17) is 14.2 Å². The van der Waals surface area contributed by atoms with Crippen LogP contribution in [0.3, 0.4) is 0 Å². The number of esters is 3. The average Bonchev–Trinajstić information content (AvgIpc) is 3.15. The maximum Gasteiger partial charge on any atom is 0.303 e. The number of Topliss-reactive ketones (excluding diaryl/α,β-unsaturated/α-hetero) is 2. The first-order valence-electron chi connectivity index (χ1n) is 11.9. The van der Waals surface area contributed by atoms with Gasteiger partial charge in [-0.25, -0.2) is 0 Å². The molecule has 0 aliphatic heterocycles. The third-order valence-electron chi connectivity index (χ3n) is 8.74. The van der Waals surface area contributed by atoms with Gasteiger partial charge in [-0.2, -0.15) is 0 Å². The summed E-state index contributed by atoms with van der Waals surface area (Å²) in [5.74, 6) is -7.78. The molecule has 2 fully saturated rings. The first kappa shape index (κ1) is 26.2. The molecule has 4 aliphatic carbocycles. The molecular weight excluding hydrogens is 472 g/mol. The highest BCUT2D eigenvalue weighted by molar-refractivity contribution is 6.09. The van der Waals surface area contributed by atoms with Crippen LogP contribution < -0.4 is 0 Å². The molecular formula is C26H32O10. The average molecular weight is 505 g/mol. The van der Waals surface area contributed by atoms with Gasteiger partial charge in [0, 0.05) is 49.5 Å². The Morgan fingerprint density at radius 1 is 1.03 bits per heavy atom. The van der Waals surface area contributed by atoms with E-state index >= 15 is 0 Å². The van der Waals surface area contributed by atoms with Gasteiger partial charge in [0.2, 0.25) is 0 Å². The highest BCUT2D eigenvalue weighted by Crippen LogP contribution is 2.76. The smallest absolute Gasteiger partial charge is 0.303 e. The van der Waals surface area contributed by atoms with Crippen molar-refractivity contribution in [1.82, 2.24) is 0 Å². The standard InChI is InChI=1S/C26H32O10/c1-11-8-17-24(32,21(11)31)9-16(10-34-13(3)27)19(30)18-20-23(6,7)26(20,36-15(5)29)22(35-14(4)28)12(2)25(17,18)33/h8-9,12,17-18,20,22,32-33H,10H2,1-7H3/t12-,17-,18+,20-,22-,24-,25+,26-/m1/s1. The Labute approximate surface area is 208 Å². The normalized spacial score (nSPS) is 42.1. The van der Waals surface area contributed by atoms with E-state index in [0.717, 1.165) is 13.0 Å². The van der Waals surface area contributed by atoms with E-state index in [1.54, 1.807) is 20.8 Å². The largest absolute Gasteiger partial charge is 0.461 e. The molecule has 4 rings (SSSR count). The second-order valence-corrected chi connectivity index (χ2v) is 11.1. The van der Waals surface area contributed by atoms with Gasteiger partial charge in [0.05, 0.1) is 11.5 Å². The van der Waals surface area contributed by atoms with Crippen molar-refractivity contribution in [3.05, 3.63) is 23.3 Å². The second kappa shape index (κ2) is 7.82. The zero-order valence-electron chi connectivity index (χ0n) is 21.4. The van der Waals surface area contributed by atoms with Crippen LogP contribution in [-0.4, -0.2) is 69.2 Å². The minimum absolute atomic E-state index is 0.146. The van der Waals surface area contributed by atoms with E-state index in [0.29, 0.717) is 0 Å². The fourth-order valence-electron chi connectivity index (χ4n) is 7.25. The van der Waals surface area contributed by atoms with Crippen molar-refractivity contribution < 1.29 is 48.4 Å². The third-order valence-corrected chi connectivity index (χ3v) is 8.74. The van der Waals surface area contributed by atoms with Crippen LogP contribution in [0.5, 0.6) is 0 Å². The molecule has 8 atom stereocenters. The molecule has 0 unspecified atom stereocenters. The molecule has 0 bridgehead atoms. The predicted molar refractivity (Wildman–Crippen MR) is 122 cm³/mol. The lowest BCUT2D eigenvalue weighted by atomic mass is 9.58. The maximum absolute atomic E-state index is 14.1. The maximum atomic E-state index is 14.1. The number of rotatable bonds is 4. The van der Waals surface area contributed by atoms with E-state index in [1.807, 2.05) is 0 Å². The van der Waals surface area contributed by atoms with Crippen molar-refractivity contribution in [2.24, 2.45) is 29.1 Å². The monoisotopic (exact) mass is 504 g/mol.